The fraction of sp³-hybridized carbons (Fsp3) is 0.294. The Morgan fingerprint density at radius 3 is 2.43 bits per heavy atom. The van der Waals surface area contributed by atoms with E-state index in [4.69, 9.17) is 9.47 Å². The Labute approximate surface area is 133 Å². The minimum atomic E-state index is -0.278. The number of benzene rings is 2. The van der Waals surface area contributed by atoms with E-state index >= 15 is 0 Å². The molecule has 2 aromatic carbocycles. The summed E-state index contributed by atoms with van der Waals surface area (Å²) in [6.07, 6.45) is 0.868. The third-order valence-electron chi connectivity index (χ3n) is 3.35. The van der Waals surface area contributed by atoms with Crippen molar-refractivity contribution < 1.29 is 13.9 Å². The van der Waals surface area contributed by atoms with Gasteiger partial charge in [-0.15, -0.1) is 0 Å². The molecule has 0 saturated heterocycles. The largest absolute Gasteiger partial charge is 0.496 e. The second kappa shape index (κ2) is 7.57. The summed E-state index contributed by atoms with van der Waals surface area (Å²) < 4.78 is 24.4. The number of halogens is 2. The van der Waals surface area contributed by atoms with Crippen molar-refractivity contribution in [2.75, 3.05) is 20.8 Å². The maximum Gasteiger partial charge on any atom is 0.131 e. The summed E-state index contributed by atoms with van der Waals surface area (Å²) in [7, 11) is 3.24. The monoisotopic (exact) mass is 352 g/mol. The molecule has 0 aliphatic carbocycles. The van der Waals surface area contributed by atoms with E-state index < -0.39 is 0 Å². The van der Waals surface area contributed by atoms with Crippen molar-refractivity contribution >= 4 is 15.9 Å². The molecule has 2 nitrogen and oxygen atoms in total. The van der Waals surface area contributed by atoms with Gasteiger partial charge in [0.15, 0.2) is 0 Å². The first-order valence-electron chi connectivity index (χ1n) is 6.71. The third kappa shape index (κ3) is 3.83. The van der Waals surface area contributed by atoms with Crippen LogP contribution in [0.4, 0.5) is 4.39 Å². The molecular formula is C17H18BrFO2. The van der Waals surface area contributed by atoms with Crippen LogP contribution in [0.25, 0.3) is 0 Å². The van der Waals surface area contributed by atoms with Gasteiger partial charge in [0.1, 0.15) is 11.6 Å². The van der Waals surface area contributed by atoms with Gasteiger partial charge in [-0.05, 0) is 29.7 Å². The highest BCUT2D eigenvalue weighted by atomic mass is 79.9. The van der Waals surface area contributed by atoms with Crippen molar-refractivity contribution in [3.05, 3.63) is 65.0 Å². The zero-order valence-electron chi connectivity index (χ0n) is 12.1. The number of methoxy groups -OCH3 is 2. The SMILES string of the molecule is COCCc1ccc(C(Br)c2c(F)cccc2OC)cc1. The molecule has 1 unspecified atom stereocenters. The lowest BCUT2D eigenvalue weighted by Crippen LogP contribution is -2.01. The maximum atomic E-state index is 14.1. The Balaban J connectivity index is 2.26. The van der Waals surface area contributed by atoms with Gasteiger partial charge < -0.3 is 9.47 Å². The van der Waals surface area contributed by atoms with Gasteiger partial charge >= 0.3 is 0 Å². The predicted octanol–water partition coefficient (Wildman–Crippen LogP) is 4.51. The van der Waals surface area contributed by atoms with Crippen molar-refractivity contribution in [1.29, 1.82) is 0 Å². The molecule has 0 aromatic heterocycles. The van der Waals surface area contributed by atoms with E-state index in [0.29, 0.717) is 17.9 Å². The summed E-state index contributed by atoms with van der Waals surface area (Å²) in [6.45, 7) is 0.693. The van der Waals surface area contributed by atoms with E-state index in [2.05, 4.69) is 15.9 Å². The van der Waals surface area contributed by atoms with Gasteiger partial charge in [0.25, 0.3) is 0 Å². The van der Waals surface area contributed by atoms with E-state index in [1.54, 1.807) is 26.4 Å². The first-order valence-corrected chi connectivity index (χ1v) is 7.63. The van der Waals surface area contributed by atoms with Crippen LogP contribution in [0.2, 0.25) is 0 Å². The molecule has 21 heavy (non-hydrogen) atoms. The van der Waals surface area contributed by atoms with Crippen LogP contribution in [-0.2, 0) is 11.2 Å². The molecule has 2 aromatic rings. The highest BCUT2D eigenvalue weighted by Crippen LogP contribution is 2.38. The molecule has 0 amide bonds. The van der Waals surface area contributed by atoms with Gasteiger partial charge in [-0.3, -0.25) is 0 Å². The van der Waals surface area contributed by atoms with Crippen LogP contribution in [-0.4, -0.2) is 20.8 Å². The average Bonchev–Trinajstić information content (AvgIpc) is 2.52. The van der Waals surface area contributed by atoms with Gasteiger partial charge in [-0.2, -0.15) is 0 Å². The van der Waals surface area contributed by atoms with Crippen LogP contribution in [0.15, 0.2) is 42.5 Å². The normalized spacial score (nSPS) is 12.2. The standard InChI is InChI=1S/C17H18BrFO2/c1-20-11-10-12-6-8-13(9-7-12)17(18)16-14(19)4-3-5-15(16)21-2/h3-9,17H,10-11H2,1-2H3. The van der Waals surface area contributed by atoms with Crippen LogP contribution >= 0.6 is 15.9 Å². The van der Waals surface area contributed by atoms with Crippen LogP contribution in [0.3, 0.4) is 0 Å². The molecule has 0 radical (unpaired) electrons. The second-order valence-corrected chi connectivity index (χ2v) is 5.62. The van der Waals surface area contributed by atoms with Crippen molar-refractivity contribution in [2.45, 2.75) is 11.2 Å². The smallest absolute Gasteiger partial charge is 0.131 e. The Morgan fingerprint density at radius 2 is 1.81 bits per heavy atom. The lowest BCUT2D eigenvalue weighted by atomic mass is 10.0. The number of hydrogen-bond donors (Lipinski definition) is 0. The van der Waals surface area contributed by atoms with E-state index in [9.17, 15) is 4.39 Å². The molecule has 0 aliphatic heterocycles. The minimum Gasteiger partial charge on any atom is -0.496 e. The molecule has 0 heterocycles. The Bertz CT molecular complexity index is 584. The lowest BCUT2D eigenvalue weighted by molar-refractivity contribution is 0.202. The molecular weight excluding hydrogens is 335 g/mol. The molecule has 112 valence electrons. The van der Waals surface area contributed by atoms with Gasteiger partial charge in [-0.1, -0.05) is 46.3 Å². The first-order chi connectivity index (χ1) is 10.2. The summed E-state index contributed by atoms with van der Waals surface area (Å²) >= 11 is 3.57. The van der Waals surface area contributed by atoms with Crippen LogP contribution < -0.4 is 4.74 Å². The van der Waals surface area contributed by atoms with Crippen molar-refractivity contribution in [1.82, 2.24) is 0 Å². The predicted molar refractivity (Wildman–Crippen MR) is 85.7 cm³/mol. The molecule has 0 aliphatic rings. The van der Waals surface area contributed by atoms with Crippen LogP contribution in [0, 0.1) is 5.82 Å². The second-order valence-electron chi connectivity index (χ2n) is 4.70. The third-order valence-corrected chi connectivity index (χ3v) is 4.34. The van der Waals surface area contributed by atoms with Crippen LogP contribution in [0.5, 0.6) is 5.75 Å². The molecule has 0 fully saturated rings. The van der Waals surface area contributed by atoms with Crippen LogP contribution in [0.1, 0.15) is 21.5 Å². The summed E-state index contributed by atoms with van der Waals surface area (Å²) in [5.41, 5.74) is 2.70. The molecule has 4 heteroatoms. The average molecular weight is 353 g/mol. The van der Waals surface area contributed by atoms with Gasteiger partial charge in [0.2, 0.25) is 0 Å². The zero-order chi connectivity index (χ0) is 15.2. The van der Waals surface area contributed by atoms with E-state index in [-0.39, 0.29) is 10.6 Å². The Morgan fingerprint density at radius 1 is 1.10 bits per heavy atom. The van der Waals surface area contributed by atoms with Gasteiger partial charge in [0.05, 0.1) is 18.5 Å². The quantitative estimate of drug-likeness (QED) is 0.712. The topological polar surface area (TPSA) is 18.5 Å². The number of hydrogen-bond acceptors (Lipinski definition) is 2. The number of ether oxygens (including phenoxy) is 2. The Hall–Kier alpha value is -1.39. The highest BCUT2D eigenvalue weighted by Gasteiger charge is 2.19. The van der Waals surface area contributed by atoms with Crippen molar-refractivity contribution in [2.24, 2.45) is 0 Å². The summed E-state index contributed by atoms with van der Waals surface area (Å²) in [5.74, 6) is 0.264. The van der Waals surface area contributed by atoms with Gasteiger partial charge in [0, 0.05) is 12.7 Å². The number of alkyl halides is 1. The molecule has 1 atom stereocenters. The van der Waals surface area contributed by atoms with Gasteiger partial charge in [-0.25, -0.2) is 4.39 Å². The summed E-state index contributed by atoms with van der Waals surface area (Å²) in [5, 5.41) is 0. The van der Waals surface area contributed by atoms with E-state index in [0.717, 1.165) is 12.0 Å². The molecule has 0 N–H and O–H groups in total. The van der Waals surface area contributed by atoms with E-state index in [1.807, 2.05) is 24.3 Å². The first kappa shape index (κ1) is 16.0. The fourth-order valence-corrected chi connectivity index (χ4v) is 2.93. The fourth-order valence-electron chi connectivity index (χ4n) is 2.18. The zero-order valence-corrected chi connectivity index (χ0v) is 13.7. The van der Waals surface area contributed by atoms with Crippen molar-refractivity contribution in [3.63, 3.8) is 0 Å². The molecule has 0 saturated carbocycles. The molecule has 0 spiro atoms. The Kier molecular flexibility index (Phi) is 5.76. The molecule has 2 rings (SSSR count). The van der Waals surface area contributed by atoms with E-state index in [1.165, 1.54) is 11.6 Å². The molecule has 0 bridgehead atoms. The minimum absolute atomic E-state index is 0.245. The summed E-state index contributed by atoms with van der Waals surface area (Å²) in [6, 6.07) is 12.9. The highest BCUT2D eigenvalue weighted by molar-refractivity contribution is 9.09. The maximum absolute atomic E-state index is 14.1. The number of rotatable bonds is 6. The summed E-state index contributed by atoms with van der Waals surface area (Å²) in [4.78, 5) is -0.245. The van der Waals surface area contributed by atoms with Crippen molar-refractivity contribution in [3.8, 4) is 5.75 Å². The lowest BCUT2D eigenvalue weighted by Gasteiger charge is -2.16.